The van der Waals surface area contributed by atoms with E-state index in [2.05, 4.69) is 28.1 Å². The van der Waals surface area contributed by atoms with Crippen LogP contribution in [0, 0.1) is 13.8 Å². The minimum atomic E-state index is -0.306. The first-order chi connectivity index (χ1) is 18.0. The van der Waals surface area contributed by atoms with Crippen LogP contribution < -0.4 is 14.8 Å². The summed E-state index contributed by atoms with van der Waals surface area (Å²) in [5.74, 6) is 2.16. The molecule has 0 bridgehead atoms. The predicted molar refractivity (Wildman–Crippen MR) is 147 cm³/mol. The SMILES string of the molecule is Cc1ccc(C)c(OCC(=O)NC(C)c2nc3ccccc3n2CCOc2cccc3ccccc23)c1. The summed E-state index contributed by atoms with van der Waals surface area (Å²) in [5, 5.41) is 5.28. The lowest BCUT2D eigenvalue weighted by atomic mass is 10.1. The number of imidazole rings is 1. The van der Waals surface area contributed by atoms with Crippen LogP contribution in [0.3, 0.4) is 0 Å². The van der Waals surface area contributed by atoms with E-state index in [1.54, 1.807) is 0 Å². The van der Waals surface area contributed by atoms with Gasteiger partial charge in [-0.05, 0) is 61.5 Å². The number of para-hydroxylation sites is 2. The normalized spacial score (nSPS) is 12.0. The molecule has 0 saturated heterocycles. The number of aryl methyl sites for hydroxylation is 2. The topological polar surface area (TPSA) is 65.4 Å². The Morgan fingerprint density at radius 1 is 0.919 bits per heavy atom. The Labute approximate surface area is 216 Å². The lowest BCUT2D eigenvalue weighted by Crippen LogP contribution is -2.33. The van der Waals surface area contributed by atoms with Crippen molar-refractivity contribution in [3.8, 4) is 11.5 Å². The second kappa shape index (κ2) is 10.7. The van der Waals surface area contributed by atoms with E-state index >= 15 is 0 Å². The molecule has 6 heteroatoms. The smallest absolute Gasteiger partial charge is 0.258 e. The van der Waals surface area contributed by atoms with Crippen molar-refractivity contribution in [1.29, 1.82) is 0 Å². The van der Waals surface area contributed by atoms with Gasteiger partial charge in [0.25, 0.3) is 5.91 Å². The zero-order valence-corrected chi connectivity index (χ0v) is 21.4. The molecule has 1 heterocycles. The number of hydrogen-bond acceptors (Lipinski definition) is 4. The van der Waals surface area contributed by atoms with Crippen molar-refractivity contribution in [2.45, 2.75) is 33.4 Å². The van der Waals surface area contributed by atoms with E-state index in [-0.39, 0.29) is 18.6 Å². The first-order valence-corrected chi connectivity index (χ1v) is 12.5. The summed E-state index contributed by atoms with van der Waals surface area (Å²) in [7, 11) is 0. The molecule has 0 aliphatic heterocycles. The number of nitrogens with one attached hydrogen (secondary N) is 1. The number of benzene rings is 4. The molecular formula is C31H31N3O3. The zero-order valence-electron chi connectivity index (χ0n) is 21.4. The van der Waals surface area contributed by atoms with Gasteiger partial charge in [0.2, 0.25) is 0 Å². The van der Waals surface area contributed by atoms with Crippen molar-refractivity contribution in [1.82, 2.24) is 14.9 Å². The highest BCUT2D eigenvalue weighted by Crippen LogP contribution is 2.26. The molecule has 0 fully saturated rings. The number of carbonyl (C=O) groups excluding carboxylic acids is 1. The average Bonchev–Trinajstić information content (AvgIpc) is 3.28. The van der Waals surface area contributed by atoms with Crippen molar-refractivity contribution < 1.29 is 14.3 Å². The maximum atomic E-state index is 12.7. The standard InChI is InChI=1S/C31H31N3O3/c1-21-15-16-22(2)29(19-21)37-20-30(35)32-23(3)31-33-26-12-6-7-13-27(26)34(31)17-18-36-28-14-8-10-24-9-4-5-11-25(24)28/h4-16,19,23H,17-18,20H2,1-3H3,(H,32,35). The van der Waals surface area contributed by atoms with E-state index in [1.807, 2.05) is 87.5 Å². The Balaban J connectivity index is 1.29. The summed E-state index contributed by atoms with van der Waals surface area (Å²) in [5.41, 5.74) is 3.98. The first-order valence-electron chi connectivity index (χ1n) is 12.5. The van der Waals surface area contributed by atoms with Crippen molar-refractivity contribution in [3.63, 3.8) is 0 Å². The molecular weight excluding hydrogens is 462 g/mol. The largest absolute Gasteiger partial charge is 0.491 e. The maximum absolute atomic E-state index is 12.7. The van der Waals surface area contributed by atoms with E-state index < -0.39 is 0 Å². The Morgan fingerprint density at radius 2 is 1.70 bits per heavy atom. The van der Waals surface area contributed by atoms with Crippen LogP contribution in [0.2, 0.25) is 0 Å². The highest BCUT2D eigenvalue weighted by molar-refractivity contribution is 5.88. The molecule has 1 unspecified atom stereocenters. The van der Waals surface area contributed by atoms with Gasteiger partial charge in [0, 0.05) is 5.39 Å². The number of ether oxygens (including phenoxy) is 2. The molecule has 4 aromatic carbocycles. The molecule has 1 N–H and O–H groups in total. The molecule has 1 amide bonds. The van der Waals surface area contributed by atoms with Crippen LogP contribution in [-0.4, -0.2) is 28.7 Å². The van der Waals surface area contributed by atoms with Gasteiger partial charge < -0.3 is 19.4 Å². The molecule has 0 saturated carbocycles. The third kappa shape index (κ3) is 5.43. The van der Waals surface area contributed by atoms with E-state index in [4.69, 9.17) is 14.5 Å². The van der Waals surface area contributed by atoms with E-state index in [0.29, 0.717) is 13.2 Å². The summed E-state index contributed by atoms with van der Waals surface area (Å²) in [6, 6.07) is 27.9. The Bertz CT molecular complexity index is 1550. The van der Waals surface area contributed by atoms with Crippen LogP contribution in [0.15, 0.2) is 84.9 Å². The molecule has 0 radical (unpaired) electrons. The number of hydrogen-bond donors (Lipinski definition) is 1. The number of amides is 1. The zero-order chi connectivity index (χ0) is 25.8. The van der Waals surface area contributed by atoms with Crippen molar-refractivity contribution in [3.05, 3.63) is 102 Å². The summed E-state index contributed by atoms with van der Waals surface area (Å²) < 4.78 is 14.1. The van der Waals surface area contributed by atoms with Gasteiger partial charge in [-0.1, -0.05) is 60.7 Å². The van der Waals surface area contributed by atoms with Gasteiger partial charge >= 0.3 is 0 Å². The quantitative estimate of drug-likeness (QED) is 0.268. The summed E-state index contributed by atoms with van der Waals surface area (Å²) in [6.07, 6.45) is 0. The minimum absolute atomic E-state index is 0.0565. The molecule has 0 aliphatic carbocycles. The van der Waals surface area contributed by atoms with Gasteiger partial charge in [0.15, 0.2) is 6.61 Å². The van der Waals surface area contributed by atoms with Crippen LogP contribution in [0.25, 0.3) is 21.8 Å². The minimum Gasteiger partial charge on any atom is -0.491 e. The second-order valence-corrected chi connectivity index (χ2v) is 9.28. The third-order valence-electron chi connectivity index (χ3n) is 6.47. The number of fused-ring (bicyclic) bond motifs is 2. The Morgan fingerprint density at radius 3 is 2.59 bits per heavy atom. The molecule has 6 nitrogen and oxygen atoms in total. The van der Waals surface area contributed by atoms with Gasteiger partial charge in [-0.3, -0.25) is 4.79 Å². The first kappa shape index (κ1) is 24.4. The molecule has 1 atom stereocenters. The predicted octanol–water partition coefficient (Wildman–Crippen LogP) is 6.14. The lowest BCUT2D eigenvalue weighted by Gasteiger charge is -2.17. The van der Waals surface area contributed by atoms with Crippen molar-refractivity contribution in [2.24, 2.45) is 0 Å². The fourth-order valence-electron chi connectivity index (χ4n) is 4.58. The highest BCUT2D eigenvalue weighted by Gasteiger charge is 2.19. The third-order valence-corrected chi connectivity index (χ3v) is 6.47. The Kier molecular flexibility index (Phi) is 7.08. The van der Waals surface area contributed by atoms with Gasteiger partial charge in [0.1, 0.15) is 23.9 Å². The molecule has 1 aromatic heterocycles. The average molecular weight is 494 g/mol. The van der Waals surface area contributed by atoms with E-state index in [9.17, 15) is 4.79 Å². The van der Waals surface area contributed by atoms with Crippen LogP contribution in [-0.2, 0) is 11.3 Å². The molecule has 5 aromatic rings. The number of rotatable bonds is 9. The summed E-state index contributed by atoms with van der Waals surface area (Å²) >= 11 is 0. The van der Waals surface area contributed by atoms with Crippen LogP contribution >= 0.6 is 0 Å². The number of aromatic nitrogens is 2. The fourth-order valence-corrected chi connectivity index (χ4v) is 4.58. The van der Waals surface area contributed by atoms with Crippen LogP contribution in [0.4, 0.5) is 0 Å². The second-order valence-electron chi connectivity index (χ2n) is 9.28. The highest BCUT2D eigenvalue weighted by atomic mass is 16.5. The van der Waals surface area contributed by atoms with Crippen molar-refractivity contribution >= 4 is 27.7 Å². The Hall–Kier alpha value is -4.32. The van der Waals surface area contributed by atoms with E-state index in [1.165, 1.54) is 0 Å². The van der Waals surface area contributed by atoms with Crippen LogP contribution in [0.5, 0.6) is 11.5 Å². The summed E-state index contributed by atoms with van der Waals surface area (Å²) in [4.78, 5) is 17.6. The van der Waals surface area contributed by atoms with Gasteiger partial charge in [-0.15, -0.1) is 0 Å². The monoisotopic (exact) mass is 493 g/mol. The molecule has 0 spiro atoms. The van der Waals surface area contributed by atoms with E-state index in [0.717, 1.165) is 50.3 Å². The molecule has 5 rings (SSSR count). The number of carbonyl (C=O) groups is 1. The van der Waals surface area contributed by atoms with Gasteiger partial charge in [0.05, 0.1) is 23.6 Å². The summed E-state index contributed by atoms with van der Waals surface area (Å²) in [6.45, 7) is 6.93. The molecule has 0 aliphatic rings. The van der Waals surface area contributed by atoms with Gasteiger partial charge in [-0.2, -0.15) is 0 Å². The molecule has 37 heavy (non-hydrogen) atoms. The maximum Gasteiger partial charge on any atom is 0.258 e. The molecule has 188 valence electrons. The number of nitrogens with zero attached hydrogens (tertiary/aromatic N) is 2. The van der Waals surface area contributed by atoms with Crippen LogP contribution in [0.1, 0.15) is 29.9 Å². The van der Waals surface area contributed by atoms with Crippen molar-refractivity contribution in [2.75, 3.05) is 13.2 Å². The van der Waals surface area contributed by atoms with Gasteiger partial charge in [-0.25, -0.2) is 4.98 Å². The fraction of sp³-hybridized carbons (Fsp3) is 0.226. The lowest BCUT2D eigenvalue weighted by molar-refractivity contribution is -0.123.